The van der Waals surface area contributed by atoms with Crippen LogP contribution in [0.3, 0.4) is 0 Å². The van der Waals surface area contributed by atoms with E-state index in [0.29, 0.717) is 0 Å². The molecular formula is C45H36N2. The second kappa shape index (κ2) is 12.2. The summed E-state index contributed by atoms with van der Waals surface area (Å²) in [5, 5.41) is 4.97. The molecule has 0 N–H and O–H groups in total. The van der Waals surface area contributed by atoms with E-state index < -0.39 is 0 Å². The summed E-state index contributed by atoms with van der Waals surface area (Å²) in [5.41, 5.74) is 8.07. The van der Waals surface area contributed by atoms with Crippen LogP contribution in [0, 0.1) is 0 Å². The predicted octanol–water partition coefficient (Wildman–Crippen LogP) is 12.4. The quantitative estimate of drug-likeness (QED) is 0.179. The molecule has 0 amide bonds. The summed E-state index contributed by atoms with van der Waals surface area (Å²) in [7, 11) is 0. The Bertz CT molecular complexity index is 2220. The lowest BCUT2D eigenvalue weighted by atomic mass is 9.85. The fourth-order valence-corrected chi connectivity index (χ4v) is 7.00. The molecule has 7 aromatic carbocycles. The molecular weight excluding hydrogens is 569 g/mol. The molecule has 0 bridgehead atoms. The first kappa shape index (κ1) is 28.6. The molecule has 1 aliphatic carbocycles. The zero-order valence-electron chi connectivity index (χ0n) is 26.5. The molecule has 47 heavy (non-hydrogen) atoms. The van der Waals surface area contributed by atoms with Crippen LogP contribution >= 0.6 is 0 Å². The van der Waals surface area contributed by atoms with Gasteiger partial charge in [-0.1, -0.05) is 140 Å². The molecule has 0 saturated heterocycles. The van der Waals surface area contributed by atoms with Crippen molar-refractivity contribution in [3.05, 3.63) is 194 Å². The van der Waals surface area contributed by atoms with Gasteiger partial charge in [-0.25, -0.2) is 0 Å². The van der Waals surface area contributed by atoms with Crippen molar-refractivity contribution in [2.45, 2.75) is 18.9 Å². The van der Waals surface area contributed by atoms with Gasteiger partial charge in [-0.2, -0.15) is 0 Å². The van der Waals surface area contributed by atoms with Crippen LogP contribution in [-0.4, -0.2) is 5.54 Å². The Kier molecular flexibility index (Phi) is 7.39. The number of para-hydroxylation sites is 2. The van der Waals surface area contributed by atoms with Crippen molar-refractivity contribution in [2.75, 3.05) is 9.80 Å². The average molecular weight is 605 g/mol. The Labute approximate surface area is 277 Å². The lowest BCUT2D eigenvalue weighted by molar-refractivity contribution is 0.572. The van der Waals surface area contributed by atoms with Crippen molar-refractivity contribution < 1.29 is 0 Å². The number of rotatable bonds is 7. The highest BCUT2D eigenvalue weighted by Gasteiger charge is 2.33. The van der Waals surface area contributed by atoms with Crippen molar-refractivity contribution >= 4 is 55.6 Å². The molecule has 0 radical (unpaired) electrons. The third-order valence-corrected chi connectivity index (χ3v) is 9.37. The van der Waals surface area contributed by atoms with Crippen molar-refractivity contribution in [2.24, 2.45) is 0 Å². The van der Waals surface area contributed by atoms with E-state index >= 15 is 0 Å². The molecule has 0 saturated carbocycles. The summed E-state index contributed by atoms with van der Waals surface area (Å²) in [5.74, 6) is 0. The first-order valence-corrected chi connectivity index (χ1v) is 16.3. The summed E-state index contributed by atoms with van der Waals surface area (Å²) in [4.78, 5) is 4.86. The van der Waals surface area contributed by atoms with Crippen LogP contribution in [0.1, 0.15) is 18.9 Å². The molecule has 0 aliphatic heterocycles. The summed E-state index contributed by atoms with van der Waals surface area (Å²) in [6.45, 7) is 2.34. The number of allylic oxidation sites excluding steroid dienone is 2. The second-order valence-corrected chi connectivity index (χ2v) is 12.4. The van der Waals surface area contributed by atoms with Crippen LogP contribution in [0.15, 0.2) is 188 Å². The molecule has 8 rings (SSSR count). The molecule has 0 spiro atoms. The molecule has 1 aliphatic rings. The fraction of sp³-hybridized carbons (Fsp3) is 0.0667. The lowest BCUT2D eigenvalue weighted by Gasteiger charge is -2.43. The van der Waals surface area contributed by atoms with Crippen LogP contribution in [0.25, 0.3) is 27.1 Å². The SMILES string of the molecule is CC1(N(c2ccccc2)c2cccc3ccccc23)C=CC(c2ccc(N(c3ccccc3)c3cccc4ccccc34)cc2)=CC1. The third kappa shape index (κ3) is 5.38. The summed E-state index contributed by atoms with van der Waals surface area (Å²) < 4.78 is 0. The zero-order valence-corrected chi connectivity index (χ0v) is 26.5. The van der Waals surface area contributed by atoms with E-state index in [9.17, 15) is 0 Å². The minimum absolute atomic E-state index is 0.243. The normalized spacial score (nSPS) is 15.8. The molecule has 1 atom stereocenters. The highest BCUT2D eigenvalue weighted by atomic mass is 15.2. The van der Waals surface area contributed by atoms with E-state index in [1.807, 2.05) is 0 Å². The van der Waals surface area contributed by atoms with E-state index in [-0.39, 0.29) is 5.54 Å². The largest absolute Gasteiger partial charge is 0.331 e. The molecule has 1 unspecified atom stereocenters. The first-order chi connectivity index (χ1) is 23.2. The number of hydrogen-bond donors (Lipinski definition) is 0. The molecule has 0 fully saturated rings. The van der Waals surface area contributed by atoms with Crippen LogP contribution in [0.4, 0.5) is 28.4 Å². The van der Waals surface area contributed by atoms with Gasteiger partial charge in [0.25, 0.3) is 0 Å². The zero-order chi connectivity index (χ0) is 31.6. The molecule has 7 aromatic rings. The van der Waals surface area contributed by atoms with Gasteiger partial charge in [0.1, 0.15) is 0 Å². The van der Waals surface area contributed by atoms with Gasteiger partial charge in [-0.15, -0.1) is 0 Å². The number of nitrogens with zero attached hydrogens (tertiary/aromatic N) is 2. The maximum Gasteiger partial charge on any atom is 0.0643 e. The Morgan fingerprint density at radius 1 is 0.468 bits per heavy atom. The Hall–Kier alpha value is -5.86. The van der Waals surface area contributed by atoms with Crippen molar-refractivity contribution in [3.8, 4) is 0 Å². The molecule has 2 nitrogen and oxygen atoms in total. The number of anilines is 5. The van der Waals surface area contributed by atoms with Crippen molar-refractivity contribution in [1.82, 2.24) is 0 Å². The van der Waals surface area contributed by atoms with Gasteiger partial charge in [0.2, 0.25) is 0 Å². The van der Waals surface area contributed by atoms with Crippen molar-refractivity contribution in [3.63, 3.8) is 0 Å². The minimum atomic E-state index is -0.243. The number of fused-ring (bicyclic) bond motifs is 2. The van der Waals surface area contributed by atoms with Gasteiger partial charge >= 0.3 is 0 Å². The highest BCUT2D eigenvalue weighted by Crippen LogP contribution is 2.43. The fourth-order valence-electron chi connectivity index (χ4n) is 7.00. The number of hydrogen-bond acceptors (Lipinski definition) is 2. The molecule has 226 valence electrons. The van der Waals surface area contributed by atoms with Gasteiger partial charge in [-0.05, 0) is 83.8 Å². The second-order valence-electron chi connectivity index (χ2n) is 12.4. The van der Waals surface area contributed by atoms with Gasteiger partial charge in [0, 0.05) is 33.5 Å². The van der Waals surface area contributed by atoms with Gasteiger partial charge in [0.05, 0.1) is 11.2 Å². The van der Waals surface area contributed by atoms with Gasteiger partial charge in [-0.3, -0.25) is 0 Å². The summed E-state index contributed by atoms with van der Waals surface area (Å²) >= 11 is 0. The van der Waals surface area contributed by atoms with Crippen LogP contribution in [-0.2, 0) is 0 Å². The Balaban J connectivity index is 1.13. The number of benzene rings is 7. The maximum absolute atomic E-state index is 2.50. The van der Waals surface area contributed by atoms with E-state index in [1.54, 1.807) is 0 Å². The minimum Gasteiger partial charge on any atom is -0.331 e. The van der Waals surface area contributed by atoms with E-state index in [1.165, 1.54) is 49.7 Å². The van der Waals surface area contributed by atoms with Gasteiger partial charge in [0.15, 0.2) is 0 Å². The smallest absolute Gasteiger partial charge is 0.0643 e. The van der Waals surface area contributed by atoms with Crippen LogP contribution < -0.4 is 9.80 Å². The van der Waals surface area contributed by atoms with E-state index in [0.717, 1.165) is 17.8 Å². The monoisotopic (exact) mass is 604 g/mol. The summed E-state index contributed by atoms with van der Waals surface area (Å²) in [6, 6.07) is 60.9. The van der Waals surface area contributed by atoms with Crippen molar-refractivity contribution in [1.29, 1.82) is 0 Å². The third-order valence-electron chi connectivity index (χ3n) is 9.37. The van der Waals surface area contributed by atoms with Gasteiger partial charge < -0.3 is 9.80 Å². The highest BCUT2D eigenvalue weighted by molar-refractivity contribution is 5.99. The Morgan fingerprint density at radius 3 is 1.60 bits per heavy atom. The Morgan fingerprint density at radius 2 is 0.979 bits per heavy atom. The molecule has 0 heterocycles. The maximum atomic E-state index is 2.50. The first-order valence-electron chi connectivity index (χ1n) is 16.3. The standard InChI is InChI=1S/C45H36N2/c1-45(47(40-20-6-3-7-21-40)44-25-13-17-37-15-9-11-23-42(37)44)32-30-35(31-33-45)34-26-28-39(29-27-34)46(38-18-4-2-5-19-38)43-24-12-16-36-14-8-10-22-41(36)43/h2-32H,33H2,1H3. The van der Waals surface area contributed by atoms with E-state index in [2.05, 4.69) is 205 Å². The lowest BCUT2D eigenvalue weighted by Crippen LogP contribution is -2.42. The molecule has 2 heteroatoms. The summed E-state index contributed by atoms with van der Waals surface area (Å²) in [6.07, 6.45) is 7.97. The topological polar surface area (TPSA) is 6.48 Å². The molecule has 0 aromatic heterocycles. The van der Waals surface area contributed by atoms with Crippen LogP contribution in [0.5, 0.6) is 0 Å². The van der Waals surface area contributed by atoms with Crippen LogP contribution in [0.2, 0.25) is 0 Å². The predicted molar refractivity (Wildman–Crippen MR) is 201 cm³/mol. The average Bonchev–Trinajstić information content (AvgIpc) is 3.14. The van der Waals surface area contributed by atoms with E-state index in [4.69, 9.17) is 0 Å².